The summed E-state index contributed by atoms with van der Waals surface area (Å²) < 4.78 is 21.1. The molecule has 0 fully saturated rings. The minimum absolute atomic E-state index is 0.199. The van der Waals surface area contributed by atoms with Crippen molar-refractivity contribution in [2.75, 3.05) is 27.4 Å². The smallest absolute Gasteiger partial charge is 0.313 e. The lowest BCUT2D eigenvalue weighted by molar-refractivity contribution is -0.148. The van der Waals surface area contributed by atoms with Gasteiger partial charge in [-0.3, -0.25) is 9.59 Å². The maximum atomic E-state index is 12.5. The highest BCUT2D eigenvalue weighted by atomic mass is 35.5. The van der Waals surface area contributed by atoms with Crippen molar-refractivity contribution in [3.8, 4) is 17.2 Å². The monoisotopic (exact) mass is 390 g/mol. The number of methoxy groups -OCH3 is 2. The van der Waals surface area contributed by atoms with Gasteiger partial charge in [0, 0.05) is 5.02 Å². The Balaban J connectivity index is 1.63. The highest BCUT2D eigenvalue weighted by Crippen LogP contribution is 2.30. The Kier molecular flexibility index (Phi) is 5.86. The van der Waals surface area contributed by atoms with Crippen molar-refractivity contribution in [1.82, 2.24) is 0 Å². The number of hydrogen-bond acceptors (Lipinski definition) is 6. The van der Waals surface area contributed by atoms with Gasteiger partial charge in [0.15, 0.2) is 6.61 Å². The van der Waals surface area contributed by atoms with Gasteiger partial charge in [0.1, 0.15) is 23.9 Å². The number of Topliss-reactive ketones (excluding diaryl/α,β-unsaturated/α-hetero) is 1. The van der Waals surface area contributed by atoms with Crippen LogP contribution in [0.1, 0.15) is 15.9 Å². The first-order valence-electron chi connectivity index (χ1n) is 8.35. The number of fused-ring (bicyclic) bond motifs is 1. The molecule has 1 heterocycles. The van der Waals surface area contributed by atoms with Gasteiger partial charge >= 0.3 is 5.97 Å². The molecule has 2 aromatic carbocycles. The molecule has 27 heavy (non-hydrogen) atoms. The van der Waals surface area contributed by atoms with Crippen LogP contribution in [0.4, 0.5) is 0 Å². The van der Waals surface area contributed by atoms with Crippen LogP contribution in [-0.2, 0) is 16.0 Å². The lowest BCUT2D eigenvalue weighted by Gasteiger charge is -2.24. The Bertz CT molecular complexity index is 864. The van der Waals surface area contributed by atoms with Crippen LogP contribution in [0.25, 0.3) is 0 Å². The molecule has 0 amide bonds. The molecule has 142 valence electrons. The maximum absolute atomic E-state index is 12.5. The van der Waals surface area contributed by atoms with Crippen LogP contribution in [0.5, 0.6) is 17.2 Å². The van der Waals surface area contributed by atoms with Crippen molar-refractivity contribution in [3.63, 3.8) is 0 Å². The Morgan fingerprint density at radius 3 is 2.70 bits per heavy atom. The fourth-order valence-electron chi connectivity index (χ4n) is 2.88. The average Bonchev–Trinajstić information content (AvgIpc) is 2.70. The summed E-state index contributed by atoms with van der Waals surface area (Å²) in [5.41, 5.74) is 1.14. The number of carbonyl (C=O) groups excluding carboxylic acids is 2. The first kappa shape index (κ1) is 19.0. The van der Waals surface area contributed by atoms with Gasteiger partial charge in [-0.25, -0.2) is 0 Å². The molecule has 0 saturated heterocycles. The van der Waals surface area contributed by atoms with Gasteiger partial charge in [0.2, 0.25) is 5.78 Å². The molecule has 3 rings (SSSR count). The van der Waals surface area contributed by atoms with E-state index in [2.05, 4.69) is 0 Å². The van der Waals surface area contributed by atoms with Crippen molar-refractivity contribution in [2.24, 2.45) is 5.92 Å². The molecule has 0 unspecified atom stereocenters. The van der Waals surface area contributed by atoms with Gasteiger partial charge in [-0.2, -0.15) is 0 Å². The Morgan fingerprint density at radius 2 is 1.96 bits per heavy atom. The molecular formula is C20H19ClO6. The second-order valence-electron chi connectivity index (χ2n) is 6.06. The van der Waals surface area contributed by atoms with Gasteiger partial charge in [0.25, 0.3) is 0 Å². The van der Waals surface area contributed by atoms with Crippen LogP contribution in [-0.4, -0.2) is 39.2 Å². The molecule has 0 aliphatic carbocycles. The Hall–Kier alpha value is -2.73. The predicted molar refractivity (Wildman–Crippen MR) is 99.0 cm³/mol. The Labute approximate surface area is 161 Å². The number of esters is 1. The summed E-state index contributed by atoms with van der Waals surface area (Å²) >= 11 is 5.99. The van der Waals surface area contributed by atoms with E-state index in [9.17, 15) is 9.59 Å². The van der Waals surface area contributed by atoms with Gasteiger partial charge < -0.3 is 18.9 Å². The summed E-state index contributed by atoms with van der Waals surface area (Å²) in [5, 5.41) is 0.576. The first-order chi connectivity index (χ1) is 13.0. The van der Waals surface area contributed by atoms with Crippen LogP contribution in [0.2, 0.25) is 5.02 Å². The van der Waals surface area contributed by atoms with E-state index in [0.717, 1.165) is 5.56 Å². The normalized spacial score (nSPS) is 15.3. The summed E-state index contributed by atoms with van der Waals surface area (Å²) in [6.45, 7) is -0.189. The molecule has 0 saturated carbocycles. The molecule has 0 spiro atoms. The van der Waals surface area contributed by atoms with Gasteiger partial charge in [-0.05, 0) is 48.4 Å². The number of hydrogen-bond donors (Lipinski definition) is 0. The molecular weight excluding hydrogens is 372 g/mol. The van der Waals surface area contributed by atoms with Crippen molar-refractivity contribution >= 4 is 23.4 Å². The summed E-state index contributed by atoms with van der Waals surface area (Å²) in [6, 6.07) is 10.1. The molecule has 0 aromatic heterocycles. The molecule has 1 aliphatic heterocycles. The number of benzene rings is 2. The fraction of sp³-hybridized carbons (Fsp3) is 0.300. The SMILES string of the molecule is COc1ccc(OC)c(C(=O)COC(=O)[C@H]2COc3ccc(Cl)cc3C2)c1. The second-order valence-corrected chi connectivity index (χ2v) is 6.50. The van der Waals surface area contributed by atoms with Crippen LogP contribution in [0, 0.1) is 5.92 Å². The minimum atomic E-state index is -0.490. The third-order valence-corrected chi connectivity index (χ3v) is 4.55. The van der Waals surface area contributed by atoms with E-state index in [1.54, 1.807) is 36.4 Å². The number of carbonyl (C=O) groups is 2. The second kappa shape index (κ2) is 8.31. The number of ether oxygens (including phenoxy) is 4. The molecule has 1 atom stereocenters. The first-order valence-corrected chi connectivity index (χ1v) is 8.72. The largest absolute Gasteiger partial charge is 0.497 e. The summed E-state index contributed by atoms with van der Waals surface area (Å²) in [7, 11) is 2.97. The van der Waals surface area contributed by atoms with E-state index >= 15 is 0 Å². The molecule has 6 nitrogen and oxygen atoms in total. The quantitative estimate of drug-likeness (QED) is 0.556. The third kappa shape index (κ3) is 4.34. The lowest BCUT2D eigenvalue weighted by Crippen LogP contribution is -2.31. The topological polar surface area (TPSA) is 71.1 Å². The lowest BCUT2D eigenvalue weighted by atomic mass is 9.97. The number of ketones is 1. The van der Waals surface area contributed by atoms with Crippen molar-refractivity contribution < 1.29 is 28.5 Å². The zero-order valence-electron chi connectivity index (χ0n) is 15.0. The minimum Gasteiger partial charge on any atom is -0.497 e. The Morgan fingerprint density at radius 1 is 1.15 bits per heavy atom. The van der Waals surface area contributed by atoms with Crippen molar-refractivity contribution in [2.45, 2.75) is 6.42 Å². The molecule has 0 N–H and O–H groups in total. The molecule has 2 aromatic rings. The van der Waals surface area contributed by atoms with Crippen molar-refractivity contribution in [1.29, 1.82) is 0 Å². The summed E-state index contributed by atoms with van der Waals surface area (Å²) in [4.78, 5) is 24.8. The highest BCUT2D eigenvalue weighted by molar-refractivity contribution is 6.30. The average molecular weight is 391 g/mol. The van der Waals surface area contributed by atoms with Crippen LogP contribution in [0.3, 0.4) is 0 Å². The van der Waals surface area contributed by atoms with Gasteiger partial charge in [-0.1, -0.05) is 11.6 Å². The fourth-order valence-corrected chi connectivity index (χ4v) is 3.07. The predicted octanol–water partition coefficient (Wildman–Crippen LogP) is 3.33. The molecule has 0 bridgehead atoms. The molecule has 1 aliphatic rings. The van der Waals surface area contributed by atoms with Crippen LogP contribution < -0.4 is 14.2 Å². The van der Waals surface area contributed by atoms with Crippen molar-refractivity contribution in [3.05, 3.63) is 52.5 Å². The van der Waals surface area contributed by atoms with Crippen LogP contribution in [0.15, 0.2) is 36.4 Å². The van der Waals surface area contributed by atoms with E-state index in [1.807, 2.05) is 0 Å². The number of rotatable bonds is 6. The molecule has 7 heteroatoms. The van der Waals surface area contributed by atoms with Crippen LogP contribution >= 0.6 is 11.6 Å². The zero-order chi connectivity index (χ0) is 19.4. The number of halogens is 1. The van der Waals surface area contributed by atoms with E-state index in [0.29, 0.717) is 34.3 Å². The van der Waals surface area contributed by atoms with Gasteiger partial charge in [0.05, 0.1) is 25.7 Å². The summed E-state index contributed by atoms with van der Waals surface area (Å²) in [5.74, 6) is 0.257. The standard InChI is InChI=1S/C20H19ClO6/c1-24-15-4-6-19(25-2)16(9-15)17(22)11-27-20(23)13-7-12-8-14(21)3-5-18(12)26-10-13/h3-6,8-9,13H,7,10-11H2,1-2H3/t13-/m1/s1. The van der Waals surface area contributed by atoms with E-state index in [-0.39, 0.29) is 19.0 Å². The van der Waals surface area contributed by atoms with E-state index < -0.39 is 11.9 Å². The van der Waals surface area contributed by atoms with Gasteiger partial charge in [-0.15, -0.1) is 0 Å². The maximum Gasteiger partial charge on any atom is 0.313 e. The zero-order valence-corrected chi connectivity index (χ0v) is 15.7. The molecule has 0 radical (unpaired) electrons. The van der Waals surface area contributed by atoms with E-state index in [1.165, 1.54) is 14.2 Å². The third-order valence-electron chi connectivity index (χ3n) is 4.31. The van der Waals surface area contributed by atoms with E-state index in [4.69, 9.17) is 30.5 Å². The summed E-state index contributed by atoms with van der Waals surface area (Å²) in [6.07, 6.45) is 0.450. The highest BCUT2D eigenvalue weighted by Gasteiger charge is 2.28.